The molecule has 0 saturated carbocycles. The summed E-state index contributed by atoms with van der Waals surface area (Å²) in [4.78, 5) is 12.8. The van der Waals surface area contributed by atoms with Crippen LogP contribution in [0, 0.1) is 6.92 Å². The van der Waals surface area contributed by atoms with E-state index in [0.717, 1.165) is 27.6 Å². The molecule has 8 nitrogen and oxygen atoms in total. The summed E-state index contributed by atoms with van der Waals surface area (Å²) >= 11 is 0. The number of rotatable bonds is 12. The Kier molecular flexibility index (Phi) is 9.19. The van der Waals surface area contributed by atoms with Crippen LogP contribution in [0.2, 0.25) is 0 Å². The molecule has 0 saturated heterocycles. The smallest absolute Gasteiger partial charge is 0.264 e. The Morgan fingerprint density at radius 3 is 2.28 bits per heavy atom. The summed E-state index contributed by atoms with van der Waals surface area (Å²) < 4.78 is 44.1. The summed E-state index contributed by atoms with van der Waals surface area (Å²) in [6.07, 6.45) is 1.45. The van der Waals surface area contributed by atoms with E-state index in [9.17, 15) is 13.2 Å². The van der Waals surface area contributed by atoms with Crippen molar-refractivity contribution in [3.05, 3.63) is 77.9 Å². The maximum atomic E-state index is 13.6. The van der Waals surface area contributed by atoms with Gasteiger partial charge in [-0.2, -0.15) is 0 Å². The minimum atomic E-state index is -4.08. The molecule has 0 spiro atoms. The fourth-order valence-corrected chi connectivity index (χ4v) is 5.10. The molecule has 0 unspecified atom stereocenters. The quantitative estimate of drug-likeness (QED) is 0.369. The topological polar surface area (TPSA) is 94.2 Å². The number of aryl methyl sites for hydroxylation is 2. The molecular formula is C27H32N2O6S. The highest BCUT2D eigenvalue weighted by atomic mass is 32.2. The van der Waals surface area contributed by atoms with Crippen molar-refractivity contribution in [3.63, 3.8) is 0 Å². The number of methoxy groups -OCH3 is 3. The number of nitrogens with one attached hydrogen (secondary N) is 1. The van der Waals surface area contributed by atoms with Gasteiger partial charge in [0.05, 0.1) is 31.9 Å². The van der Waals surface area contributed by atoms with Crippen LogP contribution in [0.25, 0.3) is 0 Å². The molecule has 0 atom stereocenters. The summed E-state index contributed by atoms with van der Waals surface area (Å²) in [5, 5.41) is 2.84. The molecule has 0 aliphatic rings. The van der Waals surface area contributed by atoms with Crippen molar-refractivity contribution in [2.75, 3.05) is 38.7 Å². The second kappa shape index (κ2) is 12.3. The molecule has 0 aliphatic carbocycles. The van der Waals surface area contributed by atoms with E-state index in [1.165, 1.54) is 32.4 Å². The molecule has 1 amide bonds. The Hall–Kier alpha value is -3.72. The fraction of sp³-hybridized carbons (Fsp3) is 0.296. The maximum Gasteiger partial charge on any atom is 0.264 e. The zero-order valence-electron chi connectivity index (χ0n) is 21.0. The molecule has 0 aliphatic heterocycles. The van der Waals surface area contributed by atoms with Gasteiger partial charge in [-0.1, -0.05) is 29.8 Å². The van der Waals surface area contributed by atoms with Gasteiger partial charge in [0, 0.05) is 12.6 Å². The largest absolute Gasteiger partial charge is 0.497 e. The molecule has 0 aromatic heterocycles. The van der Waals surface area contributed by atoms with Gasteiger partial charge in [-0.3, -0.25) is 9.10 Å². The van der Waals surface area contributed by atoms with E-state index in [0.29, 0.717) is 24.4 Å². The summed E-state index contributed by atoms with van der Waals surface area (Å²) in [5.74, 6) is 1.08. The van der Waals surface area contributed by atoms with Gasteiger partial charge in [-0.05, 0) is 61.7 Å². The molecule has 1 N–H and O–H groups in total. The van der Waals surface area contributed by atoms with E-state index in [2.05, 4.69) is 5.32 Å². The predicted octanol–water partition coefficient (Wildman–Crippen LogP) is 3.97. The first kappa shape index (κ1) is 26.9. The van der Waals surface area contributed by atoms with Crippen LogP contribution in [0.4, 0.5) is 5.69 Å². The highest BCUT2D eigenvalue weighted by Crippen LogP contribution is 2.32. The van der Waals surface area contributed by atoms with Crippen LogP contribution in [0.3, 0.4) is 0 Å². The Balaban J connectivity index is 1.75. The lowest BCUT2D eigenvalue weighted by molar-refractivity contribution is -0.119. The molecule has 9 heteroatoms. The maximum absolute atomic E-state index is 13.6. The number of benzene rings is 3. The average molecular weight is 513 g/mol. The first-order valence-electron chi connectivity index (χ1n) is 11.5. The van der Waals surface area contributed by atoms with Crippen LogP contribution >= 0.6 is 0 Å². The molecule has 3 rings (SSSR count). The van der Waals surface area contributed by atoms with Crippen LogP contribution in [0.1, 0.15) is 17.5 Å². The third-order valence-electron chi connectivity index (χ3n) is 5.65. The van der Waals surface area contributed by atoms with Crippen molar-refractivity contribution in [1.82, 2.24) is 5.32 Å². The fourth-order valence-electron chi connectivity index (χ4n) is 3.66. The Morgan fingerprint density at radius 1 is 0.889 bits per heavy atom. The van der Waals surface area contributed by atoms with Gasteiger partial charge in [0.2, 0.25) is 5.91 Å². The van der Waals surface area contributed by atoms with Gasteiger partial charge in [0.25, 0.3) is 10.0 Å². The molecule has 192 valence electrons. The molecule has 0 radical (unpaired) electrons. The number of ether oxygens (including phenoxy) is 3. The third kappa shape index (κ3) is 6.69. The highest BCUT2D eigenvalue weighted by molar-refractivity contribution is 7.92. The first-order valence-corrected chi connectivity index (χ1v) is 12.9. The van der Waals surface area contributed by atoms with Gasteiger partial charge in [-0.25, -0.2) is 8.42 Å². The average Bonchev–Trinajstić information content (AvgIpc) is 2.90. The number of sulfonamides is 1. The number of hydrogen-bond acceptors (Lipinski definition) is 6. The van der Waals surface area contributed by atoms with Crippen LogP contribution < -0.4 is 23.8 Å². The molecule has 3 aromatic rings. The molecular weight excluding hydrogens is 480 g/mol. The standard InChI is InChI=1S/C27H32N2O6S/c1-20-10-12-22(13-11-20)29(36(31,32)24-14-15-25(34-3)26(18-24)35-4)19-27(30)28-16-6-8-21-7-5-9-23(17-21)33-2/h5,7,9-15,17-18H,6,8,16,19H2,1-4H3,(H,28,30). The minimum Gasteiger partial charge on any atom is -0.497 e. The number of carbonyl (C=O) groups is 1. The summed E-state index contributed by atoms with van der Waals surface area (Å²) in [7, 11) is 0.453. The van der Waals surface area contributed by atoms with E-state index >= 15 is 0 Å². The van der Waals surface area contributed by atoms with E-state index in [1.807, 2.05) is 31.2 Å². The zero-order valence-corrected chi connectivity index (χ0v) is 21.8. The van der Waals surface area contributed by atoms with Crippen LogP contribution in [-0.2, 0) is 21.2 Å². The molecule has 0 heterocycles. The second-order valence-corrected chi connectivity index (χ2v) is 10.0. The van der Waals surface area contributed by atoms with Crippen molar-refractivity contribution < 1.29 is 27.4 Å². The van der Waals surface area contributed by atoms with Gasteiger partial charge in [-0.15, -0.1) is 0 Å². The van der Waals surface area contributed by atoms with Crippen molar-refractivity contribution in [2.24, 2.45) is 0 Å². The summed E-state index contributed by atoms with van der Waals surface area (Å²) in [6, 6.07) is 19.1. The molecule has 36 heavy (non-hydrogen) atoms. The number of amides is 1. The number of nitrogens with zero attached hydrogens (tertiary/aromatic N) is 1. The monoisotopic (exact) mass is 512 g/mol. The predicted molar refractivity (Wildman–Crippen MR) is 140 cm³/mol. The Labute approximate surface area is 212 Å². The highest BCUT2D eigenvalue weighted by Gasteiger charge is 2.28. The number of hydrogen-bond donors (Lipinski definition) is 1. The van der Waals surface area contributed by atoms with E-state index in [4.69, 9.17) is 14.2 Å². The van der Waals surface area contributed by atoms with E-state index in [1.54, 1.807) is 31.4 Å². The minimum absolute atomic E-state index is 0.00782. The van der Waals surface area contributed by atoms with Crippen molar-refractivity contribution in [1.29, 1.82) is 0 Å². The molecule has 3 aromatic carbocycles. The number of anilines is 1. The third-order valence-corrected chi connectivity index (χ3v) is 7.42. The zero-order chi connectivity index (χ0) is 26.1. The van der Waals surface area contributed by atoms with Crippen LogP contribution in [0.15, 0.2) is 71.6 Å². The van der Waals surface area contributed by atoms with Gasteiger partial charge in [0.1, 0.15) is 12.3 Å². The van der Waals surface area contributed by atoms with E-state index < -0.39 is 15.9 Å². The van der Waals surface area contributed by atoms with Gasteiger partial charge < -0.3 is 19.5 Å². The lowest BCUT2D eigenvalue weighted by Gasteiger charge is -2.24. The SMILES string of the molecule is COc1cccc(CCCNC(=O)CN(c2ccc(C)cc2)S(=O)(=O)c2ccc(OC)c(OC)c2)c1. The lowest BCUT2D eigenvalue weighted by atomic mass is 10.1. The van der Waals surface area contributed by atoms with E-state index in [-0.39, 0.29) is 17.2 Å². The second-order valence-electron chi connectivity index (χ2n) is 8.17. The van der Waals surface area contributed by atoms with Crippen molar-refractivity contribution >= 4 is 21.6 Å². The first-order chi connectivity index (χ1) is 17.3. The molecule has 0 fully saturated rings. The summed E-state index contributed by atoms with van der Waals surface area (Å²) in [5.41, 5.74) is 2.46. The number of carbonyl (C=O) groups excluding carboxylic acids is 1. The van der Waals surface area contributed by atoms with Crippen molar-refractivity contribution in [3.8, 4) is 17.2 Å². The van der Waals surface area contributed by atoms with Crippen LogP contribution in [-0.4, -0.2) is 48.7 Å². The van der Waals surface area contributed by atoms with Crippen LogP contribution in [0.5, 0.6) is 17.2 Å². The van der Waals surface area contributed by atoms with Gasteiger partial charge in [0.15, 0.2) is 11.5 Å². The Morgan fingerprint density at radius 2 is 1.61 bits per heavy atom. The van der Waals surface area contributed by atoms with Gasteiger partial charge >= 0.3 is 0 Å². The van der Waals surface area contributed by atoms with Crippen molar-refractivity contribution in [2.45, 2.75) is 24.7 Å². The Bertz CT molecular complexity index is 1280. The normalized spacial score (nSPS) is 11.0. The lowest BCUT2D eigenvalue weighted by Crippen LogP contribution is -2.41. The summed E-state index contributed by atoms with van der Waals surface area (Å²) in [6.45, 7) is 1.96. The molecule has 0 bridgehead atoms.